The average molecular weight is 689 g/mol. The molecular formula is C41H56N2O3S2. The Balaban J connectivity index is 0.000000334. The molecule has 7 heteroatoms. The quantitative estimate of drug-likeness (QED) is 0.162. The summed E-state index contributed by atoms with van der Waals surface area (Å²) >= 11 is 3.55. The van der Waals surface area contributed by atoms with E-state index < -0.39 is 0 Å². The first-order valence-corrected chi connectivity index (χ1v) is 17.8. The zero-order valence-electron chi connectivity index (χ0n) is 30.1. The molecule has 0 bridgehead atoms. The summed E-state index contributed by atoms with van der Waals surface area (Å²) in [5, 5.41) is 2.99. The lowest BCUT2D eigenvalue weighted by Crippen LogP contribution is -2.17. The van der Waals surface area contributed by atoms with Gasteiger partial charge in [-0.1, -0.05) is 72.5 Å². The van der Waals surface area contributed by atoms with Crippen LogP contribution in [0.15, 0.2) is 80.2 Å². The molecule has 0 radical (unpaired) electrons. The number of nitrogens with two attached hydrogens (primary N) is 1. The van der Waals surface area contributed by atoms with Crippen LogP contribution in [0.1, 0.15) is 94.2 Å². The van der Waals surface area contributed by atoms with Crippen molar-refractivity contribution in [3.63, 3.8) is 0 Å². The molecule has 0 fully saturated rings. The van der Waals surface area contributed by atoms with Crippen LogP contribution in [0.25, 0.3) is 0 Å². The first-order chi connectivity index (χ1) is 22.1. The number of anilines is 2. The molecule has 5 nitrogen and oxygen atoms in total. The van der Waals surface area contributed by atoms with Crippen LogP contribution in [0, 0.1) is 33.6 Å². The first kappa shape index (κ1) is 40.6. The lowest BCUT2D eigenvalue weighted by atomic mass is 10.0. The van der Waals surface area contributed by atoms with Crippen molar-refractivity contribution in [3.05, 3.63) is 94.0 Å². The zero-order valence-corrected chi connectivity index (χ0v) is 31.8. The second-order valence-electron chi connectivity index (χ2n) is 12.9. The molecule has 0 saturated carbocycles. The lowest BCUT2D eigenvalue weighted by molar-refractivity contribution is -0.118. The van der Waals surface area contributed by atoms with Crippen LogP contribution < -0.4 is 20.5 Å². The number of aryl methyl sites for hydroxylation is 4. The number of carbonyl (C=O) groups is 1. The van der Waals surface area contributed by atoms with Crippen LogP contribution in [-0.4, -0.2) is 20.1 Å². The van der Waals surface area contributed by atoms with Crippen LogP contribution >= 0.6 is 23.5 Å². The van der Waals surface area contributed by atoms with E-state index in [1.165, 1.54) is 41.8 Å². The summed E-state index contributed by atoms with van der Waals surface area (Å²) in [6, 6.07) is 20.9. The number of nitrogen functional groups attached to an aromatic ring is 1. The number of ether oxygens (including phenoxy) is 2. The van der Waals surface area contributed by atoms with Gasteiger partial charge in [-0.15, -0.1) is 0 Å². The Morgan fingerprint density at radius 1 is 0.646 bits per heavy atom. The highest BCUT2D eigenvalue weighted by atomic mass is 32.2. The molecule has 3 N–H and O–H groups in total. The Morgan fingerprint density at radius 3 is 1.35 bits per heavy atom. The lowest BCUT2D eigenvalue weighted by Gasteiger charge is -2.16. The van der Waals surface area contributed by atoms with Crippen LogP contribution in [-0.2, 0) is 4.79 Å². The van der Waals surface area contributed by atoms with E-state index in [4.69, 9.17) is 15.2 Å². The van der Waals surface area contributed by atoms with E-state index in [1.807, 2.05) is 44.2 Å². The molecule has 0 saturated heterocycles. The van der Waals surface area contributed by atoms with Crippen molar-refractivity contribution in [1.82, 2.24) is 0 Å². The van der Waals surface area contributed by atoms with E-state index in [2.05, 4.69) is 91.0 Å². The van der Waals surface area contributed by atoms with Crippen molar-refractivity contribution in [2.75, 3.05) is 25.3 Å². The number of methoxy groups -OCH3 is 2. The fraction of sp³-hybridized carbons (Fsp3) is 0.390. The second kappa shape index (κ2) is 18.3. The third-order valence-electron chi connectivity index (χ3n) is 7.82. The Labute approximate surface area is 298 Å². The van der Waals surface area contributed by atoms with E-state index in [0.29, 0.717) is 11.8 Å². The highest BCUT2D eigenvalue weighted by Gasteiger charge is 2.14. The van der Waals surface area contributed by atoms with Crippen molar-refractivity contribution in [2.45, 2.75) is 108 Å². The number of carbonyl (C=O) groups excluding carboxylic acids is 1. The van der Waals surface area contributed by atoms with Gasteiger partial charge in [0.15, 0.2) is 0 Å². The molecule has 4 aromatic rings. The maximum absolute atomic E-state index is 11.9. The van der Waals surface area contributed by atoms with Gasteiger partial charge in [0, 0.05) is 36.9 Å². The first-order valence-electron chi connectivity index (χ1n) is 16.1. The summed E-state index contributed by atoms with van der Waals surface area (Å²) in [6.07, 6.45) is 0. The van der Waals surface area contributed by atoms with Gasteiger partial charge < -0.3 is 20.5 Å². The van der Waals surface area contributed by atoms with Crippen molar-refractivity contribution in [1.29, 1.82) is 0 Å². The summed E-state index contributed by atoms with van der Waals surface area (Å²) in [5.41, 5.74) is 14.8. The molecule has 0 aromatic heterocycles. The molecule has 0 aliphatic carbocycles. The van der Waals surface area contributed by atoms with Gasteiger partial charge in [-0.3, -0.25) is 4.79 Å². The molecule has 0 unspecified atom stereocenters. The number of nitrogens with one attached hydrogen (secondary N) is 1. The molecule has 0 heterocycles. The highest BCUT2D eigenvalue weighted by molar-refractivity contribution is 7.99. The van der Waals surface area contributed by atoms with E-state index >= 15 is 0 Å². The van der Waals surface area contributed by atoms with Crippen LogP contribution in [0.2, 0.25) is 0 Å². The topological polar surface area (TPSA) is 73.6 Å². The molecular weight excluding hydrogens is 633 g/mol. The molecule has 1 amide bonds. The van der Waals surface area contributed by atoms with E-state index in [0.717, 1.165) is 34.0 Å². The van der Waals surface area contributed by atoms with Gasteiger partial charge in [0.25, 0.3) is 0 Å². The largest absolute Gasteiger partial charge is 0.496 e. The third kappa shape index (κ3) is 10.7. The zero-order chi connectivity index (χ0) is 35.0. The maximum Gasteiger partial charge on any atom is 0.226 e. The number of rotatable bonds is 10. The second-order valence-corrected chi connectivity index (χ2v) is 15.1. The Morgan fingerprint density at radius 2 is 1.02 bits per heavy atom. The Bertz CT molecular complexity index is 1650. The average Bonchev–Trinajstić information content (AvgIpc) is 3.00. The third-order valence-corrected chi connectivity index (χ3v) is 10.5. The van der Waals surface area contributed by atoms with Gasteiger partial charge in [-0.05, 0) is 134 Å². The number of amides is 1. The van der Waals surface area contributed by atoms with Crippen LogP contribution in [0.3, 0.4) is 0 Å². The molecule has 0 aliphatic rings. The van der Waals surface area contributed by atoms with Crippen molar-refractivity contribution in [2.24, 2.45) is 5.92 Å². The molecule has 4 rings (SSSR count). The minimum atomic E-state index is -0.0292. The number of hydrogen-bond acceptors (Lipinski definition) is 6. The molecule has 4 aromatic carbocycles. The van der Waals surface area contributed by atoms with Crippen molar-refractivity contribution < 1.29 is 14.3 Å². The number of hydrogen-bond donors (Lipinski definition) is 2. The van der Waals surface area contributed by atoms with Crippen molar-refractivity contribution in [3.8, 4) is 11.5 Å². The summed E-state index contributed by atoms with van der Waals surface area (Å²) in [4.78, 5) is 16.9. The molecule has 0 aliphatic heterocycles. The summed E-state index contributed by atoms with van der Waals surface area (Å²) in [6.45, 7) is 20.9. The minimum Gasteiger partial charge on any atom is -0.496 e. The fourth-order valence-corrected chi connectivity index (χ4v) is 7.30. The van der Waals surface area contributed by atoms with Crippen LogP contribution in [0.4, 0.5) is 11.4 Å². The standard InChI is InChI=1S/C22H29NO2S.C18H23NOS.CH4/c1-13(2)19-12-18(8-9-20(19)25-7)26-21-15(5)10-17(11-16(21)6)23-22(24)14(3)4;1-11(2)16-10-15(6-7-17(16)20-5)21-18-12(3)8-14(19)9-13(18)4;/h8-14H,1-7H3,(H,23,24);6-11H,19H2,1-5H3;1H4. The maximum atomic E-state index is 11.9. The predicted octanol–water partition coefficient (Wildman–Crippen LogP) is 12.0. The van der Waals surface area contributed by atoms with Gasteiger partial charge in [0.2, 0.25) is 5.91 Å². The Kier molecular flexibility index (Phi) is 15.5. The Hall–Kier alpha value is -3.55. The smallest absolute Gasteiger partial charge is 0.226 e. The summed E-state index contributed by atoms with van der Waals surface area (Å²) < 4.78 is 10.9. The van der Waals surface area contributed by atoms with Gasteiger partial charge in [0.1, 0.15) is 11.5 Å². The highest BCUT2D eigenvalue weighted by Crippen LogP contribution is 2.39. The summed E-state index contributed by atoms with van der Waals surface area (Å²) in [5.74, 6) is 2.75. The van der Waals surface area contributed by atoms with Gasteiger partial charge >= 0.3 is 0 Å². The summed E-state index contributed by atoms with van der Waals surface area (Å²) in [7, 11) is 3.44. The SMILES string of the molecule is C.COc1ccc(Sc2c(C)cc(N)cc2C)cc1C(C)C.COc1ccc(Sc2c(C)cc(NC(=O)C(C)C)cc2C)cc1C(C)C. The fourth-order valence-electron chi connectivity index (χ4n) is 5.30. The van der Waals surface area contributed by atoms with Crippen molar-refractivity contribution >= 4 is 40.8 Å². The normalized spacial score (nSPS) is 10.8. The van der Waals surface area contributed by atoms with Gasteiger partial charge in [-0.2, -0.15) is 0 Å². The minimum absolute atomic E-state index is 0. The van der Waals surface area contributed by atoms with E-state index in [9.17, 15) is 4.79 Å². The molecule has 0 atom stereocenters. The van der Waals surface area contributed by atoms with E-state index in [1.54, 1.807) is 37.7 Å². The molecule has 48 heavy (non-hydrogen) atoms. The van der Waals surface area contributed by atoms with Gasteiger partial charge in [0.05, 0.1) is 14.2 Å². The predicted molar refractivity (Wildman–Crippen MR) is 209 cm³/mol. The monoisotopic (exact) mass is 688 g/mol. The van der Waals surface area contributed by atoms with Crippen LogP contribution in [0.5, 0.6) is 11.5 Å². The number of benzene rings is 4. The molecule has 0 spiro atoms. The molecule has 260 valence electrons. The van der Waals surface area contributed by atoms with E-state index in [-0.39, 0.29) is 19.3 Å². The van der Waals surface area contributed by atoms with Gasteiger partial charge in [-0.25, -0.2) is 0 Å².